The van der Waals surface area contributed by atoms with Gasteiger partial charge in [0.25, 0.3) is 0 Å². The highest BCUT2D eigenvalue weighted by Crippen LogP contribution is 2.05. The van der Waals surface area contributed by atoms with E-state index in [2.05, 4.69) is 21.9 Å². The molecular weight excluding hydrogens is 258 g/mol. The fourth-order valence-electron chi connectivity index (χ4n) is 1.76. The van der Waals surface area contributed by atoms with Crippen molar-refractivity contribution in [2.24, 2.45) is 0 Å². The van der Waals surface area contributed by atoms with E-state index in [1.165, 1.54) is 6.26 Å². The van der Waals surface area contributed by atoms with Gasteiger partial charge in [0.2, 0.25) is 11.8 Å². The Morgan fingerprint density at radius 2 is 2.05 bits per heavy atom. The van der Waals surface area contributed by atoms with Crippen LogP contribution in [0.5, 0.6) is 0 Å². The molecule has 0 spiro atoms. The normalized spacial score (nSPS) is 10.3. The maximum absolute atomic E-state index is 12.1. The summed E-state index contributed by atoms with van der Waals surface area (Å²) in [6, 6.07) is 1.56. The van der Waals surface area contributed by atoms with Gasteiger partial charge in [-0.05, 0) is 12.8 Å². The lowest BCUT2D eigenvalue weighted by Crippen LogP contribution is -2.38. The number of aromatic nitrogens is 1. The van der Waals surface area contributed by atoms with Crippen LogP contribution in [0.3, 0.4) is 0 Å². The molecule has 0 aromatic carbocycles. The van der Waals surface area contributed by atoms with Gasteiger partial charge < -0.3 is 14.7 Å². The smallest absolute Gasteiger partial charge is 0.245 e. The lowest BCUT2D eigenvalue weighted by Gasteiger charge is -2.21. The fourth-order valence-corrected chi connectivity index (χ4v) is 1.76. The molecule has 6 nitrogen and oxygen atoms in total. The number of nitrogens with zero attached hydrogens (tertiary/aromatic N) is 2. The van der Waals surface area contributed by atoms with E-state index in [4.69, 9.17) is 0 Å². The molecule has 0 unspecified atom stereocenters. The molecule has 0 aliphatic rings. The molecule has 1 aromatic heterocycles. The summed E-state index contributed by atoms with van der Waals surface area (Å²) in [6.45, 7) is 4.78. The number of rotatable bonds is 9. The zero-order chi connectivity index (χ0) is 14.8. The van der Waals surface area contributed by atoms with Crippen LogP contribution >= 0.6 is 0 Å². The van der Waals surface area contributed by atoms with Gasteiger partial charge in [-0.25, -0.2) is 0 Å². The number of carbonyl (C=O) groups is 2. The lowest BCUT2D eigenvalue weighted by molar-refractivity contribution is -0.134. The molecule has 1 N–H and O–H groups in total. The number of amides is 2. The number of hydrogen-bond donors (Lipinski definition) is 1. The van der Waals surface area contributed by atoms with Crippen molar-refractivity contribution in [3.05, 3.63) is 12.3 Å². The monoisotopic (exact) mass is 281 g/mol. The van der Waals surface area contributed by atoms with E-state index in [9.17, 15) is 9.59 Å². The maximum Gasteiger partial charge on any atom is 0.245 e. The van der Waals surface area contributed by atoms with E-state index in [1.54, 1.807) is 11.0 Å². The van der Waals surface area contributed by atoms with E-state index in [-0.39, 0.29) is 18.4 Å². The van der Waals surface area contributed by atoms with Gasteiger partial charge in [0.15, 0.2) is 5.82 Å². The van der Waals surface area contributed by atoms with E-state index in [0.29, 0.717) is 18.8 Å². The predicted molar refractivity (Wildman–Crippen MR) is 76.1 cm³/mol. The summed E-state index contributed by atoms with van der Waals surface area (Å²) in [5, 5.41) is 6.21. The van der Waals surface area contributed by atoms with Crippen LogP contribution in [0, 0.1) is 0 Å². The predicted octanol–water partition coefficient (Wildman–Crippen LogP) is 2.43. The second kappa shape index (κ2) is 9.12. The van der Waals surface area contributed by atoms with Crippen molar-refractivity contribution in [2.75, 3.05) is 18.4 Å². The highest BCUT2D eigenvalue weighted by atomic mass is 16.5. The second-order valence-corrected chi connectivity index (χ2v) is 4.71. The first kappa shape index (κ1) is 16.2. The molecule has 0 saturated carbocycles. The van der Waals surface area contributed by atoms with Crippen LogP contribution in [-0.2, 0) is 9.59 Å². The minimum atomic E-state index is -0.250. The molecular formula is C14H23N3O3. The molecule has 0 aliphatic heterocycles. The molecule has 1 aromatic rings. The molecule has 20 heavy (non-hydrogen) atoms. The van der Waals surface area contributed by atoms with Crippen LogP contribution in [0.1, 0.15) is 46.0 Å². The summed E-state index contributed by atoms with van der Waals surface area (Å²) in [4.78, 5) is 25.6. The summed E-state index contributed by atoms with van der Waals surface area (Å²) in [6.07, 6.45) is 5.59. The van der Waals surface area contributed by atoms with Gasteiger partial charge in [-0.3, -0.25) is 9.59 Å². The van der Waals surface area contributed by atoms with Crippen LogP contribution in [0.25, 0.3) is 0 Å². The summed E-state index contributed by atoms with van der Waals surface area (Å²) >= 11 is 0. The van der Waals surface area contributed by atoms with Gasteiger partial charge in [0, 0.05) is 19.0 Å². The van der Waals surface area contributed by atoms with Crippen LogP contribution in [-0.4, -0.2) is 35.0 Å². The Morgan fingerprint density at radius 3 is 2.65 bits per heavy atom. The number of nitrogens with one attached hydrogen (secondary N) is 1. The van der Waals surface area contributed by atoms with E-state index in [1.807, 2.05) is 6.92 Å². The van der Waals surface area contributed by atoms with Gasteiger partial charge in [-0.1, -0.05) is 31.8 Å². The third kappa shape index (κ3) is 5.86. The standard InChI is InChI=1S/C14H23N3O3/c1-3-5-7-14(19)17(9-6-4-2)11-13(18)15-12-8-10-20-16-12/h8,10H,3-7,9,11H2,1-2H3,(H,15,16,18). The first-order valence-corrected chi connectivity index (χ1v) is 7.15. The van der Waals surface area contributed by atoms with Crippen LogP contribution in [0.2, 0.25) is 0 Å². The van der Waals surface area contributed by atoms with Crippen molar-refractivity contribution >= 4 is 17.6 Å². The Labute approximate surface area is 119 Å². The number of anilines is 1. The lowest BCUT2D eigenvalue weighted by atomic mass is 10.2. The molecule has 112 valence electrons. The molecule has 1 heterocycles. The average Bonchev–Trinajstić information content (AvgIpc) is 2.93. The zero-order valence-corrected chi connectivity index (χ0v) is 12.2. The van der Waals surface area contributed by atoms with Gasteiger partial charge >= 0.3 is 0 Å². The van der Waals surface area contributed by atoms with Crippen LogP contribution < -0.4 is 5.32 Å². The summed E-state index contributed by atoms with van der Waals surface area (Å²) in [5.41, 5.74) is 0. The molecule has 0 bridgehead atoms. The quantitative estimate of drug-likeness (QED) is 0.754. The fraction of sp³-hybridized carbons (Fsp3) is 0.643. The third-order valence-electron chi connectivity index (χ3n) is 2.92. The second-order valence-electron chi connectivity index (χ2n) is 4.71. The zero-order valence-electron chi connectivity index (χ0n) is 12.2. The Bertz CT molecular complexity index is 404. The van der Waals surface area contributed by atoms with Gasteiger partial charge in [0.05, 0.1) is 6.54 Å². The summed E-state index contributed by atoms with van der Waals surface area (Å²) < 4.78 is 4.64. The van der Waals surface area contributed by atoms with Crippen molar-refractivity contribution < 1.29 is 14.1 Å². The molecule has 0 atom stereocenters. The van der Waals surface area contributed by atoms with Gasteiger partial charge in [-0.15, -0.1) is 0 Å². The van der Waals surface area contributed by atoms with Crippen molar-refractivity contribution in [3.63, 3.8) is 0 Å². The van der Waals surface area contributed by atoms with Crippen molar-refractivity contribution in [1.82, 2.24) is 10.1 Å². The molecule has 6 heteroatoms. The molecule has 2 amide bonds. The highest BCUT2D eigenvalue weighted by molar-refractivity contribution is 5.93. The Morgan fingerprint density at radius 1 is 1.30 bits per heavy atom. The molecule has 1 rings (SSSR count). The van der Waals surface area contributed by atoms with Crippen molar-refractivity contribution in [3.8, 4) is 0 Å². The number of hydrogen-bond acceptors (Lipinski definition) is 4. The molecule has 0 saturated heterocycles. The van der Waals surface area contributed by atoms with Crippen LogP contribution in [0.15, 0.2) is 16.9 Å². The van der Waals surface area contributed by atoms with E-state index >= 15 is 0 Å². The first-order valence-electron chi connectivity index (χ1n) is 7.15. The van der Waals surface area contributed by atoms with E-state index in [0.717, 1.165) is 25.7 Å². The van der Waals surface area contributed by atoms with Crippen molar-refractivity contribution in [1.29, 1.82) is 0 Å². The minimum absolute atomic E-state index is 0.0376. The number of unbranched alkanes of at least 4 members (excludes halogenated alkanes) is 2. The first-order chi connectivity index (χ1) is 9.67. The number of carbonyl (C=O) groups excluding carboxylic acids is 2. The average molecular weight is 281 g/mol. The third-order valence-corrected chi connectivity index (χ3v) is 2.92. The Balaban J connectivity index is 2.49. The molecule has 0 aliphatic carbocycles. The SMILES string of the molecule is CCCCC(=O)N(CCCC)CC(=O)Nc1ccon1. The topological polar surface area (TPSA) is 75.4 Å². The largest absolute Gasteiger partial charge is 0.363 e. The van der Waals surface area contributed by atoms with Gasteiger partial charge in [0.1, 0.15) is 6.26 Å². The maximum atomic E-state index is 12.1. The molecule has 0 fully saturated rings. The molecule has 0 radical (unpaired) electrons. The Kier molecular flexibility index (Phi) is 7.39. The van der Waals surface area contributed by atoms with Gasteiger partial charge in [-0.2, -0.15) is 0 Å². The minimum Gasteiger partial charge on any atom is -0.363 e. The summed E-state index contributed by atoms with van der Waals surface area (Å²) in [5.74, 6) is 0.155. The highest BCUT2D eigenvalue weighted by Gasteiger charge is 2.16. The Hall–Kier alpha value is -1.85. The van der Waals surface area contributed by atoms with E-state index < -0.39 is 0 Å². The summed E-state index contributed by atoms with van der Waals surface area (Å²) in [7, 11) is 0. The van der Waals surface area contributed by atoms with Crippen molar-refractivity contribution in [2.45, 2.75) is 46.0 Å². The van der Waals surface area contributed by atoms with Crippen LogP contribution in [0.4, 0.5) is 5.82 Å².